The number of benzene rings is 1. The van der Waals surface area contributed by atoms with Crippen LogP contribution in [0.5, 0.6) is 0 Å². The molecule has 0 aliphatic heterocycles. The third-order valence-electron chi connectivity index (χ3n) is 3.14. The molecule has 0 unspecified atom stereocenters. The molecule has 5 heteroatoms. The van der Waals surface area contributed by atoms with E-state index in [1.54, 1.807) is 19.2 Å². The summed E-state index contributed by atoms with van der Waals surface area (Å²) in [6.07, 6.45) is 1.53. The minimum atomic E-state index is -0.219. The Bertz CT molecular complexity index is 754. The van der Waals surface area contributed by atoms with Crippen LogP contribution in [-0.4, -0.2) is 23.6 Å². The van der Waals surface area contributed by atoms with E-state index in [4.69, 9.17) is 0 Å². The first-order valence-electron chi connectivity index (χ1n) is 6.41. The molecule has 0 bridgehead atoms. The highest BCUT2D eigenvalue weighted by molar-refractivity contribution is 8.04. The Morgan fingerprint density at radius 2 is 1.76 bits per heavy atom. The number of allylic oxidation sites excluding steroid dienone is 2. The molecule has 2 aromatic rings. The molecule has 1 aliphatic carbocycles. The van der Waals surface area contributed by atoms with E-state index < -0.39 is 0 Å². The molecule has 0 saturated carbocycles. The van der Waals surface area contributed by atoms with Crippen molar-refractivity contribution in [3.05, 3.63) is 70.5 Å². The average Bonchev–Trinajstić information content (AvgIpc) is 2.54. The second-order valence-corrected chi connectivity index (χ2v) is 5.51. The van der Waals surface area contributed by atoms with Gasteiger partial charge in [-0.25, -0.2) is 0 Å². The van der Waals surface area contributed by atoms with Crippen molar-refractivity contribution in [3.63, 3.8) is 0 Å². The molecular weight excluding hydrogens is 284 g/mol. The second-order valence-electron chi connectivity index (χ2n) is 4.43. The van der Waals surface area contributed by atoms with Crippen LogP contribution in [0.1, 0.15) is 20.8 Å². The van der Waals surface area contributed by atoms with Gasteiger partial charge in [0.25, 0.3) is 0 Å². The van der Waals surface area contributed by atoms with Crippen LogP contribution in [0.25, 0.3) is 0 Å². The van der Waals surface area contributed by atoms with Gasteiger partial charge in [0.1, 0.15) is 11.4 Å². The predicted octanol–water partition coefficient (Wildman–Crippen LogP) is 2.68. The van der Waals surface area contributed by atoms with Crippen molar-refractivity contribution in [2.24, 2.45) is 0 Å². The summed E-state index contributed by atoms with van der Waals surface area (Å²) in [7, 11) is 1.65. The van der Waals surface area contributed by atoms with Crippen LogP contribution in [-0.2, 0) is 0 Å². The number of carbonyl (C=O) groups excluding carboxylic acids is 2. The minimum Gasteiger partial charge on any atom is -0.384 e. The van der Waals surface area contributed by atoms with Gasteiger partial charge in [0.2, 0.25) is 11.6 Å². The Labute approximate surface area is 126 Å². The molecule has 0 atom stereocenters. The molecule has 0 radical (unpaired) electrons. The van der Waals surface area contributed by atoms with Crippen LogP contribution < -0.4 is 5.32 Å². The first-order valence-corrected chi connectivity index (χ1v) is 7.23. The maximum Gasteiger partial charge on any atom is 0.221 e. The van der Waals surface area contributed by atoms with Crippen molar-refractivity contribution in [1.29, 1.82) is 0 Å². The zero-order chi connectivity index (χ0) is 14.8. The second kappa shape index (κ2) is 5.54. The topological polar surface area (TPSA) is 59.1 Å². The Hall–Kier alpha value is -2.40. The van der Waals surface area contributed by atoms with Crippen molar-refractivity contribution >= 4 is 23.3 Å². The van der Waals surface area contributed by atoms with Gasteiger partial charge in [-0.1, -0.05) is 30.0 Å². The maximum absolute atomic E-state index is 12.6. The van der Waals surface area contributed by atoms with Crippen molar-refractivity contribution < 1.29 is 9.59 Å². The highest BCUT2D eigenvalue weighted by Gasteiger charge is 2.33. The molecule has 1 N–H and O–H groups in total. The van der Waals surface area contributed by atoms with Gasteiger partial charge in [-0.2, -0.15) is 0 Å². The fourth-order valence-corrected chi connectivity index (χ4v) is 3.17. The van der Waals surface area contributed by atoms with Crippen LogP contribution in [0.4, 0.5) is 0 Å². The van der Waals surface area contributed by atoms with E-state index in [1.165, 1.54) is 18.0 Å². The predicted molar refractivity (Wildman–Crippen MR) is 81.3 cm³/mol. The summed E-state index contributed by atoms with van der Waals surface area (Å²) >= 11 is 1.28. The monoisotopic (exact) mass is 296 g/mol. The SMILES string of the molecule is CNC1=C(Sc2ccccc2)C(=O)c2ncccc2C1=O. The third kappa shape index (κ3) is 2.36. The lowest BCUT2D eigenvalue weighted by molar-refractivity contribution is 0.0973. The standard InChI is InChI=1S/C16H12N2O2S/c1-17-13-14(19)11-8-5-9-18-12(11)15(20)16(13)21-10-6-3-2-4-7-10/h2-9,17H,1H3. The van der Waals surface area contributed by atoms with Gasteiger partial charge in [-0.15, -0.1) is 0 Å². The largest absolute Gasteiger partial charge is 0.384 e. The number of nitrogens with zero attached hydrogens (tertiary/aromatic N) is 1. The van der Waals surface area contributed by atoms with Crippen LogP contribution in [0.2, 0.25) is 0 Å². The summed E-state index contributed by atoms with van der Waals surface area (Å²) in [4.78, 5) is 30.4. The molecule has 21 heavy (non-hydrogen) atoms. The lowest BCUT2D eigenvalue weighted by atomic mass is 9.97. The normalized spacial score (nSPS) is 14.1. The van der Waals surface area contributed by atoms with Crippen molar-refractivity contribution in [2.75, 3.05) is 7.05 Å². The summed E-state index contributed by atoms with van der Waals surface area (Å²) in [5, 5.41) is 2.86. The van der Waals surface area contributed by atoms with Crippen molar-refractivity contribution in [1.82, 2.24) is 10.3 Å². The Kier molecular flexibility index (Phi) is 3.58. The number of fused-ring (bicyclic) bond motifs is 1. The van der Waals surface area contributed by atoms with Gasteiger partial charge in [-0.05, 0) is 24.3 Å². The molecular formula is C16H12N2O2S. The summed E-state index contributed by atoms with van der Waals surface area (Å²) in [5.41, 5.74) is 0.901. The first kappa shape index (κ1) is 13.6. The number of aromatic nitrogens is 1. The summed E-state index contributed by atoms with van der Waals surface area (Å²) in [6.45, 7) is 0. The van der Waals surface area contributed by atoms with Gasteiger partial charge in [0.15, 0.2) is 0 Å². The van der Waals surface area contributed by atoms with Gasteiger partial charge in [0, 0.05) is 18.1 Å². The van der Waals surface area contributed by atoms with E-state index in [9.17, 15) is 9.59 Å². The van der Waals surface area contributed by atoms with E-state index in [0.29, 0.717) is 16.2 Å². The number of hydrogen-bond donors (Lipinski definition) is 1. The maximum atomic E-state index is 12.6. The smallest absolute Gasteiger partial charge is 0.221 e. The molecule has 0 saturated heterocycles. The molecule has 1 aromatic carbocycles. The van der Waals surface area contributed by atoms with E-state index >= 15 is 0 Å². The quantitative estimate of drug-likeness (QED) is 0.943. The van der Waals surface area contributed by atoms with Crippen LogP contribution in [0.15, 0.2) is 64.2 Å². The zero-order valence-electron chi connectivity index (χ0n) is 11.3. The summed E-state index contributed by atoms with van der Waals surface area (Å²) in [6, 6.07) is 12.8. The fourth-order valence-electron chi connectivity index (χ4n) is 2.16. The molecule has 3 rings (SSSR count). The summed E-state index contributed by atoms with van der Waals surface area (Å²) < 4.78 is 0. The number of rotatable bonds is 3. The number of carbonyl (C=O) groups is 2. The molecule has 0 amide bonds. The number of ketones is 2. The third-order valence-corrected chi connectivity index (χ3v) is 4.24. The number of thioether (sulfide) groups is 1. The molecule has 104 valence electrons. The van der Waals surface area contributed by atoms with E-state index in [-0.39, 0.29) is 17.3 Å². The lowest BCUT2D eigenvalue weighted by Crippen LogP contribution is -2.28. The van der Waals surface area contributed by atoms with E-state index in [2.05, 4.69) is 10.3 Å². The van der Waals surface area contributed by atoms with Gasteiger partial charge in [-0.3, -0.25) is 14.6 Å². The van der Waals surface area contributed by atoms with Crippen molar-refractivity contribution in [2.45, 2.75) is 4.90 Å². The average molecular weight is 296 g/mol. The first-order chi connectivity index (χ1) is 10.2. The van der Waals surface area contributed by atoms with E-state index in [0.717, 1.165) is 4.90 Å². The highest BCUT2D eigenvalue weighted by atomic mass is 32.2. The van der Waals surface area contributed by atoms with Crippen LogP contribution in [0, 0.1) is 0 Å². The molecule has 4 nitrogen and oxygen atoms in total. The van der Waals surface area contributed by atoms with Gasteiger partial charge >= 0.3 is 0 Å². The molecule has 1 heterocycles. The van der Waals surface area contributed by atoms with Crippen LogP contribution >= 0.6 is 11.8 Å². The van der Waals surface area contributed by atoms with Crippen LogP contribution in [0.3, 0.4) is 0 Å². The minimum absolute atomic E-state index is 0.196. The number of hydrogen-bond acceptors (Lipinski definition) is 5. The number of likely N-dealkylation sites (N-methyl/N-ethyl adjacent to an activating group) is 1. The van der Waals surface area contributed by atoms with Crippen molar-refractivity contribution in [3.8, 4) is 0 Å². The highest BCUT2D eigenvalue weighted by Crippen LogP contribution is 2.35. The number of pyridine rings is 1. The fraction of sp³-hybridized carbons (Fsp3) is 0.0625. The molecule has 0 fully saturated rings. The zero-order valence-corrected chi connectivity index (χ0v) is 12.1. The molecule has 1 aromatic heterocycles. The van der Waals surface area contributed by atoms with Gasteiger partial charge in [0.05, 0.1) is 10.5 Å². The molecule has 0 spiro atoms. The Morgan fingerprint density at radius 1 is 1.00 bits per heavy atom. The lowest BCUT2D eigenvalue weighted by Gasteiger charge is -2.19. The Morgan fingerprint density at radius 3 is 2.48 bits per heavy atom. The summed E-state index contributed by atoms with van der Waals surface area (Å²) in [5.74, 6) is -0.415. The Balaban J connectivity index is 2.09. The van der Waals surface area contributed by atoms with Gasteiger partial charge < -0.3 is 5.32 Å². The molecule has 1 aliphatic rings. The number of nitrogens with one attached hydrogen (secondary N) is 1. The number of Topliss-reactive ketones (excluding diaryl/α,β-unsaturated/α-hetero) is 2. The van der Waals surface area contributed by atoms with E-state index in [1.807, 2.05) is 30.3 Å².